The first-order valence-electron chi connectivity index (χ1n) is 7.22. The lowest BCUT2D eigenvalue weighted by Gasteiger charge is -2.32. The fourth-order valence-electron chi connectivity index (χ4n) is 2.56. The number of amides is 1. The van der Waals surface area contributed by atoms with Gasteiger partial charge in [-0.1, -0.05) is 18.2 Å². The summed E-state index contributed by atoms with van der Waals surface area (Å²) in [6.45, 7) is 4.39. The number of hydrogen-bond acceptors (Lipinski definition) is 3. The molecule has 1 aromatic carbocycles. The second-order valence-electron chi connectivity index (χ2n) is 5.59. The summed E-state index contributed by atoms with van der Waals surface area (Å²) in [5.41, 5.74) is 1.03. The van der Waals surface area contributed by atoms with Crippen molar-refractivity contribution in [2.45, 2.75) is 32.7 Å². The van der Waals surface area contributed by atoms with Crippen molar-refractivity contribution in [3.05, 3.63) is 29.8 Å². The molecule has 0 spiro atoms. The molecule has 21 heavy (non-hydrogen) atoms. The summed E-state index contributed by atoms with van der Waals surface area (Å²) in [7, 11) is 0. The SMILES string of the molecule is CC(C)N(CCC(=O)O)C(=O)C1COc2ccccc2C1. The highest BCUT2D eigenvalue weighted by Crippen LogP contribution is 2.28. The average Bonchev–Trinajstić information content (AvgIpc) is 2.46. The quantitative estimate of drug-likeness (QED) is 0.900. The molecular weight excluding hydrogens is 270 g/mol. The Balaban J connectivity index is 2.06. The highest BCUT2D eigenvalue weighted by molar-refractivity contribution is 5.80. The van der Waals surface area contributed by atoms with Gasteiger partial charge in [-0.15, -0.1) is 0 Å². The van der Waals surface area contributed by atoms with Gasteiger partial charge in [-0.2, -0.15) is 0 Å². The van der Waals surface area contributed by atoms with Gasteiger partial charge in [0.05, 0.1) is 12.3 Å². The molecule has 2 rings (SSSR count). The van der Waals surface area contributed by atoms with E-state index in [0.29, 0.717) is 13.0 Å². The summed E-state index contributed by atoms with van der Waals surface area (Å²) in [5.74, 6) is -0.321. The molecule has 114 valence electrons. The van der Waals surface area contributed by atoms with E-state index in [4.69, 9.17) is 9.84 Å². The first kappa shape index (κ1) is 15.4. The fourth-order valence-corrected chi connectivity index (χ4v) is 2.56. The van der Waals surface area contributed by atoms with E-state index in [1.54, 1.807) is 4.90 Å². The molecule has 0 aromatic heterocycles. The maximum Gasteiger partial charge on any atom is 0.305 e. The normalized spacial score (nSPS) is 17.0. The predicted molar refractivity (Wildman–Crippen MR) is 78.2 cm³/mol. The number of aliphatic carboxylic acids is 1. The molecule has 1 aliphatic rings. The van der Waals surface area contributed by atoms with Crippen molar-refractivity contribution >= 4 is 11.9 Å². The van der Waals surface area contributed by atoms with Crippen LogP contribution in [0.3, 0.4) is 0 Å². The molecule has 0 bridgehead atoms. The number of carboxylic acids is 1. The number of rotatable bonds is 5. The largest absolute Gasteiger partial charge is 0.492 e. The molecule has 1 unspecified atom stereocenters. The molecule has 0 aliphatic carbocycles. The highest BCUT2D eigenvalue weighted by atomic mass is 16.5. The Labute approximate surface area is 124 Å². The Bertz CT molecular complexity index is 527. The van der Waals surface area contributed by atoms with Crippen LogP contribution in [0.5, 0.6) is 5.75 Å². The third-order valence-corrected chi connectivity index (χ3v) is 3.70. The Kier molecular flexibility index (Phi) is 4.83. The summed E-state index contributed by atoms with van der Waals surface area (Å²) >= 11 is 0. The van der Waals surface area contributed by atoms with Crippen LogP contribution in [0.2, 0.25) is 0 Å². The lowest BCUT2D eigenvalue weighted by molar-refractivity contribution is -0.141. The number of carbonyl (C=O) groups excluding carboxylic acids is 1. The number of hydrogen-bond donors (Lipinski definition) is 1. The van der Waals surface area contributed by atoms with Crippen molar-refractivity contribution in [2.24, 2.45) is 5.92 Å². The van der Waals surface area contributed by atoms with Crippen LogP contribution >= 0.6 is 0 Å². The smallest absolute Gasteiger partial charge is 0.305 e. The van der Waals surface area contributed by atoms with Gasteiger partial charge in [0.25, 0.3) is 0 Å². The van der Waals surface area contributed by atoms with Gasteiger partial charge in [0.15, 0.2) is 0 Å². The zero-order valence-electron chi connectivity index (χ0n) is 12.4. The van der Waals surface area contributed by atoms with E-state index in [1.807, 2.05) is 38.1 Å². The molecule has 1 amide bonds. The van der Waals surface area contributed by atoms with Crippen molar-refractivity contribution in [1.82, 2.24) is 4.90 Å². The molecule has 1 atom stereocenters. The summed E-state index contributed by atoms with van der Waals surface area (Å²) in [4.78, 5) is 25.0. The predicted octanol–water partition coefficient (Wildman–Crippen LogP) is 1.95. The van der Waals surface area contributed by atoms with Crippen LogP contribution in [0.4, 0.5) is 0 Å². The second-order valence-corrected chi connectivity index (χ2v) is 5.59. The molecular formula is C16H21NO4. The number of fused-ring (bicyclic) bond motifs is 1. The Hall–Kier alpha value is -2.04. The van der Waals surface area contributed by atoms with Crippen molar-refractivity contribution in [3.8, 4) is 5.75 Å². The van der Waals surface area contributed by atoms with Gasteiger partial charge in [0.2, 0.25) is 5.91 Å². The number of para-hydroxylation sites is 1. The van der Waals surface area contributed by atoms with Crippen LogP contribution in [0.25, 0.3) is 0 Å². The first-order chi connectivity index (χ1) is 9.99. The topological polar surface area (TPSA) is 66.8 Å². The number of benzene rings is 1. The molecule has 0 radical (unpaired) electrons. The lowest BCUT2D eigenvalue weighted by Crippen LogP contribution is -2.45. The van der Waals surface area contributed by atoms with Crippen LogP contribution < -0.4 is 4.74 Å². The van der Waals surface area contributed by atoms with Crippen LogP contribution in [0.1, 0.15) is 25.8 Å². The van der Waals surface area contributed by atoms with E-state index in [9.17, 15) is 9.59 Å². The van der Waals surface area contributed by atoms with Crippen LogP contribution in [-0.4, -0.2) is 41.1 Å². The molecule has 5 nitrogen and oxygen atoms in total. The van der Waals surface area contributed by atoms with Crippen molar-refractivity contribution < 1.29 is 19.4 Å². The monoisotopic (exact) mass is 291 g/mol. The minimum Gasteiger partial charge on any atom is -0.492 e. The van der Waals surface area contributed by atoms with Crippen LogP contribution in [-0.2, 0) is 16.0 Å². The molecule has 1 N–H and O–H groups in total. The number of ether oxygens (including phenoxy) is 1. The maximum atomic E-state index is 12.6. The van der Waals surface area contributed by atoms with Gasteiger partial charge >= 0.3 is 5.97 Å². The molecule has 0 saturated carbocycles. The van der Waals surface area contributed by atoms with E-state index in [0.717, 1.165) is 11.3 Å². The molecule has 0 saturated heterocycles. The van der Waals surface area contributed by atoms with Gasteiger partial charge in [-0.3, -0.25) is 9.59 Å². The van der Waals surface area contributed by atoms with Gasteiger partial charge in [0, 0.05) is 12.6 Å². The minimum atomic E-state index is -0.890. The van der Waals surface area contributed by atoms with Crippen LogP contribution in [0.15, 0.2) is 24.3 Å². The lowest BCUT2D eigenvalue weighted by atomic mass is 9.95. The average molecular weight is 291 g/mol. The molecule has 1 aliphatic heterocycles. The third-order valence-electron chi connectivity index (χ3n) is 3.70. The summed E-state index contributed by atoms with van der Waals surface area (Å²) in [6, 6.07) is 7.69. The molecule has 1 heterocycles. The second kappa shape index (κ2) is 6.61. The van der Waals surface area contributed by atoms with E-state index >= 15 is 0 Å². The molecule has 1 aromatic rings. The summed E-state index contributed by atoms with van der Waals surface area (Å²) in [6.07, 6.45) is 0.610. The summed E-state index contributed by atoms with van der Waals surface area (Å²) in [5, 5.41) is 8.80. The Morgan fingerprint density at radius 1 is 1.38 bits per heavy atom. The summed E-state index contributed by atoms with van der Waals surface area (Å²) < 4.78 is 5.65. The number of carboxylic acid groups (broad SMARTS) is 1. The number of carbonyl (C=O) groups is 2. The van der Waals surface area contributed by atoms with Crippen molar-refractivity contribution in [3.63, 3.8) is 0 Å². The highest BCUT2D eigenvalue weighted by Gasteiger charge is 2.30. The van der Waals surface area contributed by atoms with E-state index in [1.165, 1.54) is 0 Å². The fraction of sp³-hybridized carbons (Fsp3) is 0.500. The van der Waals surface area contributed by atoms with E-state index in [2.05, 4.69) is 0 Å². The zero-order chi connectivity index (χ0) is 15.4. The molecule has 0 fully saturated rings. The minimum absolute atomic E-state index is 0.0194. The Morgan fingerprint density at radius 3 is 2.76 bits per heavy atom. The van der Waals surface area contributed by atoms with Gasteiger partial charge < -0.3 is 14.7 Å². The zero-order valence-corrected chi connectivity index (χ0v) is 12.4. The van der Waals surface area contributed by atoms with E-state index < -0.39 is 5.97 Å². The van der Waals surface area contributed by atoms with Gasteiger partial charge in [-0.25, -0.2) is 0 Å². The maximum absolute atomic E-state index is 12.6. The van der Waals surface area contributed by atoms with E-state index in [-0.39, 0.29) is 30.8 Å². The van der Waals surface area contributed by atoms with Gasteiger partial charge in [-0.05, 0) is 31.9 Å². The Morgan fingerprint density at radius 2 is 2.10 bits per heavy atom. The molecule has 5 heteroatoms. The van der Waals surface area contributed by atoms with Crippen molar-refractivity contribution in [2.75, 3.05) is 13.2 Å². The first-order valence-corrected chi connectivity index (χ1v) is 7.22. The van der Waals surface area contributed by atoms with Gasteiger partial charge in [0.1, 0.15) is 12.4 Å². The van der Waals surface area contributed by atoms with Crippen molar-refractivity contribution in [1.29, 1.82) is 0 Å². The third kappa shape index (κ3) is 3.74. The standard InChI is InChI=1S/C16H21NO4/c1-11(2)17(8-7-15(18)19)16(20)13-9-12-5-3-4-6-14(12)21-10-13/h3-6,11,13H,7-10H2,1-2H3,(H,18,19). The van der Waals surface area contributed by atoms with Crippen LogP contribution in [0, 0.1) is 5.92 Å². The number of nitrogens with zero attached hydrogens (tertiary/aromatic N) is 1.